The minimum Gasteiger partial charge on any atom is -0.339 e. The lowest BCUT2D eigenvalue weighted by Gasteiger charge is -2.29. The number of piperidine rings is 1. The van der Waals surface area contributed by atoms with E-state index in [1.165, 1.54) is 0 Å². The molecule has 0 aliphatic carbocycles. The number of halogens is 9. The van der Waals surface area contributed by atoms with Crippen LogP contribution < -0.4 is 0 Å². The Kier molecular flexibility index (Phi) is 5.08. The number of amides is 1. The van der Waals surface area contributed by atoms with E-state index in [1.54, 1.807) is 0 Å². The van der Waals surface area contributed by atoms with Gasteiger partial charge in [-0.15, -0.1) is 0 Å². The SMILES string of the molecule is O=C(C(=C(F)C(F)(F)C(F)(F)F)C(F)(F)F)N1CCCCC1. The molecule has 0 bridgehead atoms. The zero-order valence-corrected chi connectivity index (χ0v) is 10.8. The molecule has 1 fully saturated rings. The second kappa shape index (κ2) is 5.99. The number of alkyl halides is 8. The molecule has 0 atom stereocenters. The summed E-state index contributed by atoms with van der Waals surface area (Å²) >= 11 is 0. The minimum absolute atomic E-state index is 0.244. The molecule has 0 N–H and O–H groups in total. The normalized spacial score (nSPS) is 19.0. The Balaban J connectivity index is 3.34. The van der Waals surface area contributed by atoms with Crippen LogP contribution in [0.5, 0.6) is 0 Å². The lowest BCUT2D eigenvalue weighted by molar-refractivity contribution is -0.272. The Bertz CT molecular complexity index is 457. The van der Waals surface area contributed by atoms with Crippen molar-refractivity contribution in [2.24, 2.45) is 0 Å². The average molecular weight is 343 g/mol. The molecule has 0 unspecified atom stereocenters. The van der Waals surface area contributed by atoms with Crippen LogP contribution in [0.25, 0.3) is 0 Å². The first-order valence-electron chi connectivity index (χ1n) is 6.01. The second-order valence-electron chi connectivity index (χ2n) is 4.61. The van der Waals surface area contributed by atoms with Crippen LogP contribution in [0.1, 0.15) is 19.3 Å². The van der Waals surface area contributed by atoms with Gasteiger partial charge in [-0.05, 0) is 19.3 Å². The highest BCUT2D eigenvalue weighted by molar-refractivity contribution is 5.95. The van der Waals surface area contributed by atoms with Gasteiger partial charge in [0.15, 0.2) is 11.4 Å². The fourth-order valence-corrected chi connectivity index (χ4v) is 1.88. The third-order valence-corrected chi connectivity index (χ3v) is 2.99. The Labute approximate surface area is 118 Å². The summed E-state index contributed by atoms with van der Waals surface area (Å²) in [5.74, 6) is -12.4. The Morgan fingerprint density at radius 2 is 1.27 bits per heavy atom. The number of likely N-dealkylation sites (tertiary alicyclic amines) is 1. The van der Waals surface area contributed by atoms with E-state index in [0.29, 0.717) is 11.3 Å². The summed E-state index contributed by atoms with van der Waals surface area (Å²) in [6, 6.07) is 0. The number of carbonyl (C=O) groups excluding carboxylic acids is 1. The van der Waals surface area contributed by atoms with Gasteiger partial charge in [0.25, 0.3) is 5.91 Å². The first kappa shape index (κ1) is 18.6. The first-order chi connectivity index (χ1) is 9.80. The van der Waals surface area contributed by atoms with Crippen LogP contribution in [-0.2, 0) is 4.79 Å². The van der Waals surface area contributed by atoms with E-state index in [1.807, 2.05) is 0 Å². The molecule has 22 heavy (non-hydrogen) atoms. The van der Waals surface area contributed by atoms with Gasteiger partial charge in [-0.2, -0.15) is 35.1 Å². The number of nitrogens with zero attached hydrogens (tertiary/aromatic N) is 1. The standard InChI is InChI=1S/C11H10F9NO/c12-7(9(13,14)11(18,19)20)6(10(15,16)17)8(22)21-4-2-1-3-5-21/h1-5H2. The molecule has 11 heteroatoms. The van der Waals surface area contributed by atoms with Crippen molar-refractivity contribution in [3.63, 3.8) is 0 Å². The number of rotatable bonds is 2. The van der Waals surface area contributed by atoms with Crippen molar-refractivity contribution in [1.29, 1.82) is 0 Å². The Morgan fingerprint density at radius 3 is 1.64 bits per heavy atom. The van der Waals surface area contributed by atoms with E-state index in [-0.39, 0.29) is 25.9 Å². The van der Waals surface area contributed by atoms with Gasteiger partial charge < -0.3 is 4.90 Å². The fraction of sp³-hybridized carbons (Fsp3) is 0.727. The molecule has 0 aromatic heterocycles. The van der Waals surface area contributed by atoms with Gasteiger partial charge in [-0.1, -0.05) is 0 Å². The predicted octanol–water partition coefficient (Wildman–Crippen LogP) is 3.98. The zero-order chi connectivity index (χ0) is 17.3. The van der Waals surface area contributed by atoms with Gasteiger partial charge in [0.1, 0.15) is 0 Å². The van der Waals surface area contributed by atoms with Gasteiger partial charge in [-0.3, -0.25) is 4.79 Å². The van der Waals surface area contributed by atoms with E-state index in [0.717, 1.165) is 0 Å². The monoisotopic (exact) mass is 343 g/mol. The number of carbonyl (C=O) groups is 1. The predicted molar refractivity (Wildman–Crippen MR) is 55.6 cm³/mol. The molecule has 128 valence electrons. The number of hydrogen-bond donors (Lipinski definition) is 0. The molecule has 0 aromatic carbocycles. The summed E-state index contributed by atoms with van der Waals surface area (Å²) in [5.41, 5.74) is -3.11. The topological polar surface area (TPSA) is 20.3 Å². The molecule has 1 aliphatic rings. The maximum Gasteiger partial charge on any atom is 0.460 e. The molecule has 1 saturated heterocycles. The van der Waals surface area contributed by atoms with Crippen LogP contribution in [0.2, 0.25) is 0 Å². The van der Waals surface area contributed by atoms with Crippen LogP contribution in [0.15, 0.2) is 11.4 Å². The van der Waals surface area contributed by atoms with Crippen molar-refractivity contribution in [3.05, 3.63) is 11.4 Å². The maximum absolute atomic E-state index is 13.3. The Morgan fingerprint density at radius 1 is 0.818 bits per heavy atom. The third-order valence-electron chi connectivity index (χ3n) is 2.99. The third kappa shape index (κ3) is 3.67. The quantitative estimate of drug-likeness (QED) is 0.549. The van der Waals surface area contributed by atoms with Crippen LogP contribution in [0.4, 0.5) is 39.5 Å². The van der Waals surface area contributed by atoms with E-state index < -0.39 is 35.6 Å². The summed E-state index contributed by atoms with van der Waals surface area (Å²) in [6.45, 7) is -0.549. The Hall–Kier alpha value is -1.42. The van der Waals surface area contributed by atoms with Gasteiger partial charge in [0, 0.05) is 13.1 Å². The van der Waals surface area contributed by atoms with Crippen LogP contribution >= 0.6 is 0 Å². The van der Waals surface area contributed by atoms with E-state index in [2.05, 4.69) is 0 Å². The minimum atomic E-state index is -6.59. The lowest BCUT2D eigenvalue weighted by atomic mass is 10.1. The smallest absolute Gasteiger partial charge is 0.339 e. The van der Waals surface area contributed by atoms with Gasteiger partial charge in [0.05, 0.1) is 0 Å². The zero-order valence-electron chi connectivity index (χ0n) is 10.8. The molecule has 1 amide bonds. The van der Waals surface area contributed by atoms with E-state index >= 15 is 0 Å². The number of hydrogen-bond acceptors (Lipinski definition) is 1. The van der Waals surface area contributed by atoms with Gasteiger partial charge in [0.2, 0.25) is 0 Å². The summed E-state index contributed by atoms with van der Waals surface area (Å²) in [5, 5.41) is 0. The van der Waals surface area contributed by atoms with Crippen molar-refractivity contribution in [1.82, 2.24) is 4.90 Å². The largest absolute Gasteiger partial charge is 0.460 e. The molecule has 1 aliphatic heterocycles. The molecule has 1 rings (SSSR count). The molecule has 0 aromatic rings. The summed E-state index contributed by atoms with van der Waals surface area (Å²) < 4.78 is 113. The highest BCUT2D eigenvalue weighted by Gasteiger charge is 2.64. The van der Waals surface area contributed by atoms with Crippen LogP contribution in [-0.4, -0.2) is 42.2 Å². The molecule has 1 heterocycles. The lowest BCUT2D eigenvalue weighted by Crippen LogP contribution is -2.44. The number of allylic oxidation sites excluding steroid dienone is 1. The summed E-state index contributed by atoms with van der Waals surface area (Å²) in [7, 11) is 0. The van der Waals surface area contributed by atoms with E-state index in [4.69, 9.17) is 0 Å². The van der Waals surface area contributed by atoms with Gasteiger partial charge >= 0.3 is 18.3 Å². The van der Waals surface area contributed by atoms with Crippen molar-refractivity contribution < 1.29 is 44.3 Å². The van der Waals surface area contributed by atoms with Crippen LogP contribution in [0.3, 0.4) is 0 Å². The second-order valence-corrected chi connectivity index (χ2v) is 4.61. The maximum atomic E-state index is 13.3. The van der Waals surface area contributed by atoms with Crippen molar-refractivity contribution in [2.75, 3.05) is 13.1 Å². The molecule has 2 nitrogen and oxygen atoms in total. The highest BCUT2D eigenvalue weighted by Crippen LogP contribution is 2.45. The molecular weight excluding hydrogens is 333 g/mol. The fourth-order valence-electron chi connectivity index (χ4n) is 1.88. The van der Waals surface area contributed by atoms with E-state index in [9.17, 15) is 44.3 Å². The van der Waals surface area contributed by atoms with Crippen molar-refractivity contribution in [3.8, 4) is 0 Å². The highest BCUT2D eigenvalue weighted by atomic mass is 19.4. The van der Waals surface area contributed by atoms with Crippen LogP contribution in [0, 0.1) is 0 Å². The molecule has 0 radical (unpaired) electrons. The average Bonchev–Trinajstić information content (AvgIpc) is 2.36. The molecule has 0 saturated carbocycles. The summed E-state index contributed by atoms with van der Waals surface area (Å²) in [4.78, 5) is 12.0. The van der Waals surface area contributed by atoms with Crippen molar-refractivity contribution >= 4 is 5.91 Å². The van der Waals surface area contributed by atoms with Gasteiger partial charge in [-0.25, -0.2) is 4.39 Å². The molecular formula is C11H10F9NO. The summed E-state index contributed by atoms with van der Waals surface area (Å²) in [6.07, 6.45) is -11.5. The molecule has 0 spiro atoms. The van der Waals surface area contributed by atoms with Crippen molar-refractivity contribution in [2.45, 2.75) is 37.5 Å². The first-order valence-corrected chi connectivity index (χ1v) is 6.01.